The van der Waals surface area contributed by atoms with Gasteiger partial charge in [0.05, 0.1) is 11.1 Å². The number of rotatable bonds is 4. The zero-order valence-corrected chi connectivity index (χ0v) is 13.4. The molecule has 1 unspecified atom stereocenters. The van der Waals surface area contributed by atoms with Crippen LogP contribution < -0.4 is 11.3 Å². The highest BCUT2D eigenvalue weighted by Gasteiger charge is 2.15. The van der Waals surface area contributed by atoms with E-state index in [4.69, 9.17) is 29.0 Å². The highest BCUT2D eigenvalue weighted by atomic mass is 79.9. The van der Waals surface area contributed by atoms with E-state index >= 15 is 0 Å². The zero-order valence-electron chi connectivity index (χ0n) is 10.3. The van der Waals surface area contributed by atoms with Crippen LogP contribution >= 0.6 is 39.1 Å². The fraction of sp³-hybridized carbons (Fsp3) is 0.143. The molecule has 0 aromatic heterocycles. The number of hydrogen-bond acceptors (Lipinski definition) is 2. The van der Waals surface area contributed by atoms with Crippen LogP contribution in [0.1, 0.15) is 17.2 Å². The van der Waals surface area contributed by atoms with Gasteiger partial charge in [0.25, 0.3) is 0 Å². The molecule has 2 aromatic carbocycles. The van der Waals surface area contributed by atoms with E-state index in [1.165, 1.54) is 6.07 Å². The number of nitrogens with two attached hydrogens (primary N) is 1. The summed E-state index contributed by atoms with van der Waals surface area (Å²) in [6.45, 7) is 0. The average Bonchev–Trinajstić information content (AvgIpc) is 2.39. The van der Waals surface area contributed by atoms with Crippen molar-refractivity contribution in [3.63, 3.8) is 0 Å². The van der Waals surface area contributed by atoms with Gasteiger partial charge in [0.1, 0.15) is 5.82 Å². The standard InChI is InChI=1S/C14H12BrCl2FN2/c15-10-4-9(5-11(16)7-10)13(20-19)6-8-2-1-3-12(18)14(8)17/h1-5,7,13,20H,6,19H2. The van der Waals surface area contributed by atoms with Crippen molar-refractivity contribution >= 4 is 39.1 Å². The lowest BCUT2D eigenvalue weighted by Crippen LogP contribution is -2.29. The summed E-state index contributed by atoms with van der Waals surface area (Å²) < 4.78 is 14.3. The Morgan fingerprint density at radius 3 is 2.65 bits per heavy atom. The quantitative estimate of drug-likeness (QED) is 0.601. The molecule has 0 aliphatic rings. The molecule has 20 heavy (non-hydrogen) atoms. The van der Waals surface area contributed by atoms with E-state index in [9.17, 15) is 4.39 Å². The van der Waals surface area contributed by atoms with Crippen LogP contribution in [0.3, 0.4) is 0 Å². The van der Waals surface area contributed by atoms with Gasteiger partial charge in [-0.05, 0) is 41.8 Å². The summed E-state index contributed by atoms with van der Waals surface area (Å²) in [6.07, 6.45) is 0.458. The number of nitrogens with one attached hydrogen (secondary N) is 1. The summed E-state index contributed by atoms with van der Waals surface area (Å²) in [7, 11) is 0. The fourth-order valence-electron chi connectivity index (χ4n) is 1.98. The molecule has 6 heteroatoms. The fourth-order valence-corrected chi connectivity index (χ4v) is 3.06. The van der Waals surface area contributed by atoms with Crippen LogP contribution in [0.5, 0.6) is 0 Å². The van der Waals surface area contributed by atoms with E-state index in [2.05, 4.69) is 21.4 Å². The molecule has 0 spiro atoms. The topological polar surface area (TPSA) is 38.0 Å². The minimum Gasteiger partial charge on any atom is -0.271 e. The first-order chi connectivity index (χ1) is 9.51. The number of hydrogen-bond donors (Lipinski definition) is 2. The summed E-state index contributed by atoms with van der Waals surface area (Å²) in [4.78, 5) is 0. The first kappa shape index (κ1) is 15.7. The van der Waals surface area contributed by atoms with Crippen LogP contribution in [-0.4, -0.2) is 0 Å². The molecule has 1 atom stereocenters. The Labute approximate surface area is 135 Å². The van der Waals surface area contributed by atoms with Gasteiger partial charge in [0.2, 0.25) is 0 Å². The molecule has 0 bridgehead atoms. The summed E-state index contributed by atoms with van der Waals surface area (Å²) in [6, 6.07) is 10.0. The van der Waals surface area contributed by atoms with Gasteiger partial charge in [-0.2, -0.15) is 0 Å². The first-order valence-electron chi connectivity index (χ1n) is 5.86. The largest absolute Gasteiger partial charge is 0.271 e. The van der Waals surface area contributed by atoms with Crippen molar-refractivity contribution in [2.24, 2.45) is 5.84 Å². The Morgan fingerprint density at radius 2 is 2.00 bits per heavy atom. The lowest BCUT2D eigenvalue weighted by molar-refractivity contribution is 0.548. The van der Waals surface area contributed by atoms with Crippen LogP contribution in [-0.2, 0) is 6.42 Å². The van der Waals surface area contributed by atoms with E-state index in [0.29, 0.717) is 17.0 Å². The maximum atomic E-state index is 13.5. The second-order valence-corrected chi connectivity index (χ2v) is 6.07. The Kier molecular flexibility index (Phi) is 5.41. The second kappa shape index (κ2) is 6.87. The van der Waals surface area contributed by atoms with Crippen molar-refractivity contribution in [1.82, 2.24) is 5.43 Å². The van der Waals surface area contributed by atoms with E-state index in [0.717, 1.165) is 10.0 Å². The minimum absolute atomic E-state index is 0.119. The Bertz CT molecular complexity index is 602. The van der Waals surface area contributed by atoms with Gasteiger partial charge < -0.3 is 0 Å². The summed E-state index contributed by atoms with van der Waals surface area (Å²) in [5.41, 5.74) is 4.29. The minimum atomic E-state index is -0.438. The third-order valence-electron chi connectivity index (χ3n) is 2.94. The first-order valence-corrected chi connectivity index (χ1v) is 7.41. The molecule has 0 saturated heterocycles. The molecule has 0 aliphatic heterocycles. The van der Waals surface area contributed by atoms with Crippen molar-refractivity contribution < 1.29 is 4.39 Å². The predicted molar refractivity (Wildman–Crippen MR) is 84.3 cm³/mol. The van der Waals surface area contributed by atoms with Crippen LogP contribution in [0, 0.1) is 5.82 Å². The van der Waals surface area contributed by atoms with Gasteiger partial charge in [-0.1, -0.05) is 51.3 Å². The lowest BCUT2D eigenvalue weighted by atomic mass is 9.99. The average molecular weight is 378 g/mol. The molecule has 2 nitrogen and oxygen atoms in total. The van der Waals surface area contributed by atoms with E-state index in [1.807, 2.05) is 12.1 Å². The molecule has 0 saturated carbocycles. The smallest absolute Gasteiger partial charge is 0.142 e. The molecular weight excluding hydrogens is 366 g/mol. The summed E-state index contributed by atoms with van der Waals surface area (Å²) in [5, 5.41) is 0.716. The van der Waals surface area contributed by atoms with Gasteiger partial charge in [0.15, 0.2) is 0 Å². The monoisotopic (exact) mass is 376 g/mol. The van der Waals surface area contributed by atoms with E-state index in [-0.39, 0.29) is 11.1 Å². The molecule has 0 heterocycles. The molecule has 0 amide bonds. The normalized spacial score (nSPS) is 12.4. The molecule has 106 valence electrons. The molecule has 2 rings (SSSR count). The number of halogens is 4. The van der Waals surface area contributed by atoms with Gasteiger partial charge in [-0.3, -0.25) is 11.3 Å². The van der Waals surface area contributed by atoms with E-state index < -0.39 is 5.82 Å². The van der Waals surface area contributed by atoms with Crippen molar-refractivity contribution in [2.75, 3.05) is 0 Å². The second-order valence-electron chi connectivity index (χ2n) is 4.34. The summed E-state index contributed by atoms with van der Waals surface area (Å²) in [5.74, 6) is 5.16. The Hall–Kier alpha value is -0.650. The maximum Gasteiger partial charge on any atom is 0.142 e. The van der Waals surface area contributed by atoms with Crippen LogP contribution in [0.4, 0.5) is 4.39 Å². The summed E-state index contributed by atoms with van der Waals surface area (Å²) >= 11 is 15.4. The molecule has 0 radical (unpaired) electrons. The molecule has 0 aliphatic carbocycles. The predicted octanol–water partition coefficient (Wildman–Crippen LogP) is 4.64. The maximum absolute atomic E-state index is 13.5. The Morgan fingerprint density at radius 1 is 1.25 bits per heavy atom. The van der Waals surface area contributed by atoms with E-state index in [1.54, 1.807) is 18.2 Å². The third-order valence-corrected chi connectivity index (χ3v) is 4.04. The Balaban J connectivity index is 2.31. The van der Waals surface area contributed by atoms with Crippen molar-refractivity contribution in [3.05, 3.63) is 67.9 Å². The van der Waals surface area contributed by atoms with Crippen molar-refractivity contribution in [1.29, 1.82) is 0 Å². The van der Waals surface area contributed by atoms with Crippen molar-refractivity contribution in [2.45, 2.75) is 12.5 Å². The van der Waals surface area contributed by atoms with Crippen LogP contribution in [0.15, 0.2) is 40.9 Å². The van der Waals surface area contributed by atoms with Gasteiger partial charge >= 0.3 is 0 Å². The molecule has 0 fully saturated rings. The SMILES string of the molecule is NNC(Cc1cccc(F)c1Cl)c1cc(Cl)cc(Br)c1. The lowest BCUT2D eigenvalue weighted by Gasteiger charge is -2.18. The van der Waals surface area contributed by atoms with Gasteiger partial charge in [-0.15, -0.1) is 0 Å². The number of hydrazine groups is 1. The zero-order chi connectivity index (χ0) is 14.7. The third kappa shape index (κ3) is 3.71. The number of benzene rings is 2. The van der Waals surface area contributed by atoms with Crippen molar-refractivity contribution in [3.8, 4) is 0 Å². The van der Waals surface area contributed by atoms with Crippen LogP contribution in [0.2, 0.25) is 10.0 Å². The van der Waals surface area contributed by atoms with Crippen LogP contribution in [0.25, 0.3) is 0 Å². The van der Waals surface area contributed by atoms with Gasteiger partial charge in [-0.25, -0.2) is 4.39 Å². The highest BCUT2D eigenvalue weighted by molar-refractivity contribution is 9.10. The molecule has 2 aromatic rings. The molecule has 3 N–H and O–H groups in total. The van der Waals surface area contributed by atoms with Gasteiger partial charge in [0, 0.05) is 9.50 Å². The molecular formula is C14H12BrCl2FN2. The highest BCUT2D eigenvalue weighted by Crippen LogP contribution is 2.28.